The van der Waals surface area contributed by atoms with Crippen molar-refractivity contribution in [3.05, 3.63) is 83.9 Å². The van der Waals surface area contributed by atoms with Crippen molar-refractivity contribution in [2.45, 2.75) is 6.36 Å². The molecule has 0 bridgehead atoms. The summed E-state index contributed by atoms with van der Waals surface area (Å²) >= 11 is 0. The van der Waals surface area contributed by atoms with Crippen LogP contribution >= 0.6 is 0 Å². The quantitative estimate of drug-likeness (QED) is 0.424. The van der Waals surface area contributed by atoms with Gasteiger partial charge in [0.2, 0.25) is 5.75 Å². The summed E-state index contributed by atoms with van der Waals surface area (Å²) in [5.74, 6) is -6.57. The topological polar surface area (TPSA) is 9.23 Å². The first-order valence-corrected chi connectivity index (χ1v) is 7.98. The van der Waals surface area contributed by atoms with Gasteiger partial charge in [-0.05, 0) is 41.0 Å². The number of rotatable bonds is 4. The number of ether oxygens (including phenoxy) is 1. The third-order valence-corrected chi connectivity index (χ3v) is 3.99. The molecule has 0 N–H and O–H groups in total. The highest BCUT2D eigenvalue weighted by Gasteiger charge is 2.34. The molecular weight excluding hydrogens is 401 g/mol. The predicted octanol–water partition coefficient (Wildman–Crippen LogP) is 6.92. The van der Waals surface area contributed by atoms with Crippen molar-refractivity contribution >= 4 is 6.08 Å². The summed E-state index contributed by atoms with van der Waals surface area (Å²) < 4.78 is 96.4. The second-order valence-corrected chi connectivity index (χ2v) is 5.92. The summed E-state index contributed by atoms with van der Waals surface area (Å²) in [5, 5.41) is 0. The van der Waals surface area contributed by atoms with E-state index in [1.165, 1.54) is 24.3 Å². The number of hydrogen-bond donors (Lipinski definition) is 0. The summed E-state index contributed by atoms with van der Waals surface area (Å²) in [6, 6.07) is 8.42. The summed E-state index contributed by atoms with van der Waals surface area (Å²) in [6.07, 6.45) is -4.11. The molecule has 0 aliphatic heterocycles. The molecule has 0 fully saturated rings. The van der Waals surface area contributed by atoms with Gasteiger partial charge in [0.05, 0.1) is 0 Å². The Hall–Kier alpha value is -3.29. The number of hydrogen-bond acceptors (Lipinski definition) is 1. The highest BCUT2D eigenvalue weighted by Crippen LogP contribution is 2.35. The molecule has 0 saturated heterocycles. The van der Waals surface area contributed by atoms with Gasteiger partial charge in [0.15, 0.2) is 11.6 Å². The Morgan fingerprint density at radius 2 is 1.21 bits per heavy atom. The zero-order chi connectivity index (χ0) is 21.3. The van der Waals surface area contributed by atoms with E-state index < -0.39 is 35.4 Å². The van der Waals surface area contributed by atoms with Gasteiger partial charge in [-0.1, -0.05) is 36.9 Å². The molecule has 29 heavy (non-hydrogen) atoms. The van der Waals surface area contributed by atoms with Crippen molar-refractivity contribution in [3.8, 4) is 28.0 Å². The lowest BCUT2D eigenvalue weighted by atomic mass is 9.98. The fourth-order valence-electron chi connectivity index (χ4n) is 2.71. The highest BCUT2D eigenvalue weighted by molar-refractivity contribution is 5.72. The fraction of sp³-hybridized carbons (Fsp3) is 0.0476. The first-order chi connectivity index (χ1) is 13.6. The monoisotopic (exact) mass is 411 g/mol. The van der Waals surface area contributed by atoms with Crippen LogP contribution in [0.3, 0.4) is 0 Å². The van der Waals surface area contributed by atoms with Crippen LogP contribution in [0, 0.1) is 29.8 Å². The maximum Gasteiger partial charge on any atom is 0.573 e. The van der Waals surface area contributed by atoms with Gasteiger partial charge in [0, 0.05) is 11.1 Å². The molecular formula is C21H10F7O. The van der Waals surface area contributed by atoms with E-state index in [0.717, 1.165) is 18.2 Å². The maximum absolute atomic E-state index is 14.5. The van der Waals surface area contributed by atoms with Crippen LogP contribution in [0.2, 0.25) is 0 Å². The summed E-state index contributed by atoms with van der Waals surface area (Å²) in [7, 11) is 0. The molecule has 3 rings (SSSR count). The van der Waals surface area contributed by atoms with E-state index in [0.29, 0.717) is 17.7 Å². The van der Waals surface area contributed by atoms with Crippen molar-refractivity contribution in [1.29, 1.82) is 0 Å². The molecule has 149 valence electrons. The Labute approximate surface area is 160 Å². The molecule has 1 nitrogen and oxygen atoms in total. The molecule has 0 unspecified atom stereocenters. The van der Waals surface area contributed by atoms with Crippen molar-refractivity contribution in [3.63, 3.8) is 0 Å². The Kier molecular flexibility index (Phi) is 5.37. The summed E-state index contributed by atoms with van der Waals surface area (Å²) in [6.45, 7) is 5.30. The summed E-state index contributed by atoms with van der Waals surface area (Å²) in [4.78, 5) is 0. The van der Waals surface area contributed by atoms with E-state index in [-0.39, 0.29) is 22.3 Å². The average molecular weight is 411 g/mol. The van der Waals surface area contributed by atoms with Crippen LogP contribution in [-0.4, -0.2) is 6.36 Å². The van der Waals surface area contributed by atoms with E-state index in [1.54, 1.807) is 0 Å². The van der Waals surface area contributed by atoms with Gasteiger partial charge in [0.25, 0.3) is 0 Å². The first kappa shape index (κ1) is 20.4. The van der Waals surface area contributed by atoms with Gasteiger partial charge in [-0.25, -0.2) is 17.6 Å². The zero-order valence-corrected chi connectivity index (χ0v) is 14.3. The minimum atomic E-state index is -5.29. The van der Waals surface area contributed by atoms with Crippen LogP contribution < -0.4 is 4.74 Å². The number of alkyl halides is 3. The standard InChI is InChI=1S/C21H10F7O/c1-2-11-3-5-14(16(22)7-11)12-4-6-15(17(23)8-12)13-9-18(24)20(19(25)10-13)29-21(26,27)28/h1-10H. The van der Waals surface area contributed by atoms with Crippen LogP contribution in [0.4, 0.5) is 30.7 Å². The Morgan fingerprint density at radius 1 is 0.690 bits per heavy atom. The van der Waals surface area contributed by atoms with Crippen molar-refractivity contribution < 1.29 is 35.5 Å². The largest absolute Gasteiger partial charge is 0.573 e. The third-order valence-electron chi connectivity index (χ3n) is 3.99. The molecule has 0 spiro atoms. The van der Waals surface area contributed by atoms with E-state index in [2.05, 4.69) is 4.74 Å². The molecule has 0 amide bonds. The van der Waals surface area contributed by atoms with Gasteiger partial charge >= 0.3 is 6.36 Å². The minimum absolute atomic E-state index is 0.0623. The minimum Gasteiger partial charge on any atom is -0.399 e. The second-order valence-electron chi connectivity index (χ2n) is 5.92. The number of benzene rings is 3. The molecule has 0 aliphatic carbocycles. The first-order valence-electron chi connectivity index (χ1n) is 7.98. The van der Waals surface area contributed by atoms with Crippen LogP contribution in [-0.2, 0) is 0 Å². The molecule has 8 heteroatoms. The fourth-order valence-corrected chi connectivity index (χ4v) is 2.71. The van der Waals surface area contributed by atoms with Crippen molar-refractivity contribution in [1.82, 2.24) is 0 Å². The van der Waals surface area contributed by atoms with Crippen molar-refractivity contribution in [2.24, 2.45) is 0 Å². The van der Waals surface area contributed by atoms with E-state index in [9.17, 15) is 30.7 Å². The summed E-state index contributed by atoms with van der Waals surface area (Å²) in [5.41, 5.74) is -0.0300. The predicted molar refractivity (Wildman–Crippen MR) is 92.6 cm³/mol. The van der Waals surface area contributed by atoms with Gasteiger partial charge in [-0.2, -0.15) is 0 Å². The lowest BCUT2D eigenvalue weighted by Crippen LogP contribution is -2.19. The third kappa shape index (κ3) is 4.42. The highest BCUT2D eigenvalue weighted by atomic mass is 19.4. The molecule has 1 radical (unpaired) electrons. The van der Waals surface area contributed by atoms with Gasteiger partial charge < -0.3 is 4.74 Å². The number of halogens is 7. The molecule has 0 saturated carbocycles. The zero-order valence-electron chi connectivity index (χ0n) is 14.3. The van der Waals surface area contributed by atoms with E-state index in [4.69, 9.17) is 6.58 Å². The van der Waals surface area contributed by atoms with Gasteiger partial charge in [0.1, 0.15) is 11.6 Å². The lowest BCUT2D eigenvalue weighted by molar-refractivity contribution is -0.276. The molecule has 0 heterocycles. The average Bonchev–Trinajstić information content (AvgIpc) is 2.63. The van der Waals surface area contributed by atoms with Crippen LogP contribution in [0.25, 0.3) is 28.3 Å². The molecule has 3 aromatic carbocycles. The van der Waals surface area contributed by atoms with E-state index in [1.807, 2.05) is 0 Å². The van der Waals surface area contributed by atoms with Crippen LogP contribution in [0.5, 0.6) is 5.75 Å². The van der Waals surface area contributed by atoms with Crippen LogP contribution in [0.1, 0.15) is 5.56 Å². The van der Waals surface area contributed by atoms with Crippen LogP contribution in [0.15, 0.2) is 48.5 Å². The lowest BCUT2D eigenvalue weighted by Gasteiger charge is -2.13. The van der Waals surface area contributed by atoms with Crippen molar-refractivity contribution in [2.75, 3.05) is 0 Å². The smallest absolute Gasteiger partial charge is 0.399 e. The van der Waals surface area contributed by atoms with E-state index >= 15 is 0 Å². The molecule has 0 atom stereocenters. The Morgan fingerprint density at radius 3 is 1.72 bits per heavy atom. The van der Waals surface area contributed by atoms with Gasteiger partial charge in [-0.15, -0.1) is 13.2 Å². The Balaban J connectivity index is 2.00. The Bertz CT molecular complexity index is 1060. The normalized spacial score (nSPS) is 11.4. The maximum atomic E-state index is 14.5. The molecule has 0 aliphatic rings. The SMILES string of the molecule is [CH]=Cc1ccc(-c2ccc(-c3cc(F)c(OC(F)(F)F)c(F)c3)c(F)c2)c(F)c1. The van der Waals surface area contributed by atoms with Gasteiger partial charge in [-0.3, -0.25) is 0 Å². The molecule has 0 aromatic heterocycles. The second kappa shape index (κ2) is 7.62. The molecule has 3 aromatic rings.